The first kappa shape index (κ1) is 32.2. The highest BCUT2D eigenvalue weighted by Gasteiger charge is 2.13. The van der Waals surface area contributed by atoms with E-state index >= 15 is 0 Å². The summed E-state index contributed by atoms with van der Waals surface area (Å²) in [5.74, 6) is 0.676. The lowest BCUT2D eigenvalue weighted by Crippen LogP contribution is -2.11. The number of rotatable bonds is 17. The Kier molecular flexibility index (Phi) is 14.1. The van der Waals surface area contributed by atoms with Gasteiger partial charge >= 0.3 is 11.9 Å². The Hall–Kier alpha value is -4.06. The maximum absolute atomic E-state index is 11.3. The van der Waals surface area contributed by atoms with E-state index in [0.717, 1.165) is 60.5 Å². The lowest BCUT2D eigenvalue weighted by molar-refractivity contribution is -0.139. The van der Waals surface area contributed by atoms with Crippen LogP contribution in [-0.4, -0.2) is 38.4 Å². The molecule has 0 aliphatic heterocycles. The average molecular weight is 547 g/mol. The quantitative estimate of drug-likeness (QED) is 0.0971. The molecule has 2 rings (SSSR count). The minimum Gasteiger partial charge on any atom is -0.490 e. The van der Waals surface area contributed by atoms with Crippen LogP contribution in [0.25, 0.3) is 0 Å². The van der Waals surface area contributed by atoms with E-state index in [2.05, 4.69) is 61.7 Å². The molecule has 0 amide bonds. The van der Waals surface area contributed by atoms with E-state index in [1.807, 2.05) is 27.7 Å². The topological polar surface area (TPSA) is 71.1 Å². The monoisotopic (exact) mass is 546 g/mol. The van der Waals surface area contributed by atoms with Crippen molar-refractivity contribution in [1.29, 1.82) is 0 Å². The van der Waals surface area contributed by atoms with Crippen molar-refractivity contribution in [3.8, 4) is 11.5 Å². The minimum absolute atomic E-state index is 0.171. The highest BCUT2D eigenvalue weighted by atomic mass is 16.6. The molecule has 0 spiro atoms. The normalized spacial score (nSPS) is 11.0. The number of allylic oxidation sites excluding steroid dienone is 4. The van der Waals surface area contributed by atoms with Gasteiger partial charge in [0.25, 0.3) is 0 Å². The van der Waals surface area contributed by atoms with Gasteiger partial charge in [-0.1, -0.05) is 49.6 Å². The number of hydrogen-bond acceptors (Lipinski definition) is 6. The van der Waals surface area contributed by atoms with E-state index in [9.17, 15) is 9.59 Å². The predicted octanol–water partition coefficient (Wildman–Crippen LogP) is 6.54. The molecule has 0 aliphatic carbocycles. The number of esters is 2. The van der Waals surface area contributed by atoms with Crippen molar-refractivity contribution in [3.05, 3.63) is 107 Å². The highest BCUT2D eigenvalue weighted by molar-refractivity contribution is 5.81. The zero-order valence-electron chi connectivity index (χ0n) is 24.3. The number of ether oxygens (including phenoxy) is 4. The van der Waals surface area contributed by atoms with Gasteiger partial charge in [0.2, 0.25) is 0 Å². The van der Waals surface area contributed by atoms with Crippen LogP contribution in [0.4, 0.5) is 0 Å². The molecular weight excluding hydrogens is 504 g/mol. The second-order valence-electron chi connectivity index (χ2n) is 9.26. The third-order valence-electron chi connectivity index (χ3n) is 6.31. The van der Waals surface area contributed by atoms with Gasteiger partial charge in [0.05, 0.1) is 0 Å². The summed E-state index contributed by atoms with van der Waals surface area (Å²) in [7, 11) is 0. The summed E-state index contributed by atoms with van der Waals surface area (Å²) in [6.07, 6.45) is 14.0. The highest BCUT2D eigenvalue weighted by Crippen LogP contribution is 2.28. The van der Waals surface area contributed by atoms with Gasteiger partial charge in [0, 0.05) is 12.2 Å². The lowest BCUT2D eigenvalue weighted by atomic mass is 9.92. The smallest absolute Gasteiger partial charge is 0.330 e. The first-order chi connectivity index (χ1) is 19.3. The van der Waals surface area contributed by atoms with E-state index in [1.54, 1.807) is 0 Å². The Labute approximate surface area is 239 Å². The maximum atomic E-state index is 11.3. The van der Waals surface area contributed by atoms with Crippen LogP contribution >= 0.6 is 0 Å². The molecule has 6 heteroatoms. The third kappa shape index (κ3) is 10.6. The summed E-state index contributed by atoms with van der Waals surface area (Å²) in [4.78, 5) is 22.6. The Bertz CT molecular complexity index is 1130. The molecule has 0 bridgehead atoms. The summed E-state index contributed by atoms with van der Waals surface area (Å²) in [6, 6.07) is 8.60. The van der Waals surface area contributed by atoms with E-state index < -0.39 is 11.9 Å². The summed E-state index contributed by atoms with van der Waals surface area (Å²) in [6.45, 7) is 15.8. The molecule has 6 nitrogen and oxygen atoms in total. The standard InChI is InChI=1S/C34H42O6/c1-7-11-13-27-23-31(37-17-19-39-33(35)9-3)25(5)21-29(27)15-16-30-22-26(6)32(24-28(30)14-12-8-2)38-18-20-40-34(36)10-4/h7-12,21-24H,3-4,13-20H2,1-2,5-6H3. The van der Waals surface area contributed by atoms with E-state index in [-0.39, 0.29) is 26.4 Å². The van der Waals surface area contributed by atoms with Gasteiger partial charge in [-0.3, -0.25) is 0 Å². The van der Waals surface area contributed by atoms with Crippen LogP contribution < -0.4 is 9.47 Å². The van der Waals surface area contributed by atoms with Crippen LogP contribution in [0.5, 0.6) is 11.5 Å². The molecule has 0 N–H and O–H groups in total. The van der Waals surface area contributed by atoms with Crippen molar-refractivity contribution in [2.45, 2.75) is 53.4 Å². The number of benzene rings is 2. The Morgan fingerprint density at radius 1 is 0.650 bits per heavy atom. The number of aryl methyl sites for hydroxylation is 4. The van der Waals surface area contributed by atoms with Crippen LogP contribution in [0.15, 0.2) is 73.9 Å². The van der Waals surface area contributed by atoms with Gasteiger partial charge in [-0.05, 0) is 98.9 Å². The fourth-order valence-electron chi connectivity index (χ4n) is 4.20. The molecule has 0 unspecified atom stereocenters. The van der Waals surface area contributed by atoms with Crippen molar-refractivity contribution < 1.29 is 28.5 Å². The second-order valence-corrected chi connectivity index (χ2v) is 9.26. The van der Waals surface area contributed by atoms with Crippen LogP contribution in [0, 0.1) is 13.8 Å². The molecule has 0 atom stereocenters. The zero-order valence-corrected chi connectivity index (χ0v) is 24.3. The van der Waals surface area contributed by atoms with Gasteiger partial charge in [0.15, 0.2) is 0 Å². The summed E-state index contributed by atoms with van der Waals surface area (Å²) < 4.78 is 21.9. The lowest BCUT2D eigenvalue weighted by Gasteiger charge is -2.17. The van der Waals surface area contributed by atoms with E-state index in [1.165, 1.54) is 22.3 Å². The molecule has 40 heavy (non-hydrogen) atoms. The summed E-state index contributed by atoms with van der Waals surface area (Å²) in [5.41, 5.74) is 7.06. The SMILES string of the molecule is C=CC(=O)OCCOc1cc(CC=CC)c(CCc2cc(C)c(OCCOC(=O)C=C)cc2CC=CC)cc1C. The molecule has 0 saturated heterocycles. The fraction of sp³-hybridized carbons (Fsp3) is 0.353. The van der Waals surface area contributed by atoms with Gasteiger partial charge in [-0.15, -0.1) is 0 Å². The van der Waals surface area contributed by atoms with Gasteiger partial charge in [-0.2, -0.15) is 0 Å². The third-order valence-corrected chi connectivity index (χ3v) is 6.31. The van der Waals surface area contributed by atoms with Crippen LogP contribution in [0.1, 0.15) is 47.2 Å². The summed E-state index contributed by atoms with van der Waals surface area (Å²) >= 11 is 0. The average Bonchev–Trinajstić information content (AvgIpc) is 2.95. The largest absolute Gasteiger partial charge is 0.490 e. The maximum Gasteiger partial charge on any atom is 0.330 e. The first-order valence-electron chi connectivity index (χ1n) is 13.6. The van der Waals surface area contributed by atoms with E-state index in [4.69, 9.17) is 18.9 Å². The number of carbonyl (C=O) groups excluding carboxylic acids is 2. The first-order valence-corrected chi connectivity index (χ1v) is 13.6. The molecule has 0 aliphatic rings. The van der Waals surface area contributed by atoms with Crippen LogP contribution in [0.2, 0.25) is 0 Å². The van der Waals surface area contributed by atoms with E-state index in [0.29, 0.717) is 0 Å². The molecule has 2 aromatic rings. The Balaban J connectivity index is 2.21. The molecule has 0 radical (unpaired) electrons. The molecule has 2 aromatic carbocycles. The van der Waals surface area contributed by atoms with Gasteiger partial charge < -0.3 is 18.9 Å². The summed E-state index contributed by atoms with van der Waals surface area (Å²) in [5, 5.41) is 0. The zero-order chi connectivity index (χ0) is 29.3. The van der Waals surface area contributed by atoms with Crippen molar-refractivity contribution in [3.63, 3.8) is 0 Å². The second kappa shape index (κ2) is 17.5. The van der Waals surface area contributed by atoms with Crippen LogP contribution in [-0.2, 0) is 44.7 Å². The fourth-order valence-corrected chi connectivity index (χ4v) is 4.20. The van der Waals surface area contributed by atoms with Crippen molar-refractivity contribution >= 4 is 11.9 Å². The van der Waals surface area contributed by atoms with Crippen molar-refractivity contribution in [2.75, 3.05) is 26.4 Å². The van der Waals surface area contributed by atoms with Crippen molar-refractivity contribution in [1.82, 2.24) is 0 Å². The number of hydrogen-bond donors (Lipinski definition) is 0. The molecule has 0 heterocycles. The minimum atomic E-state index is -0.456. The Morgan fingerprint density at radius 2 is 1.05 bits per heavy atom. The Morgan fingerprint density at radius 3 is 1.40 bits per heavy atom. The molecule has 0 aromatic heterocycles. The van der Waals surface area contributed by atoms with Gasteiger partial charge in [-0.25, -0.2) is 9.59 Å². The molecule has 0 fully saturated rings. The predicted molar refractivity (Wildman–Crippen MR) is 160 cm³/mol. The molecule has 0 saturated carbocycles. The molecular formula is C34H42O6. The van der Waals surface area contributed by atoms with Crippen LogP contribution in [0.3, 0.4) is 0 Å². The molecule has 214 valence electrons. The van der Waals surface area contributed by atoms with Gasteiger partial charge in [0.1, 0.15) is 37.9 Å². The number of carbonyl (C=O) groups is 2. The van der Waals surface area contributed by atoms with Crippen molar-refractivity contribution in [2.24, 2.45) is 0 Å².